The van der Waals surface area contributed by atoms with Crippen molar-refractivity contribution in [2.24, 2.45) is 17.8 Å². The molecule has 8 atom stereocenters. The third kappa shape index (κ3) is 8.28. The second-order valence-corrected chi connectivity index (χ2v) is 11.3. The van der Waals surface area contributed by atoms with E-state index >= 15 is 0 Å². The maximum Gasteiger partial charge on any atom is 0.352 e. The molecule has 0 saturated heterocycles. The zero-order valence-corrected chi connectivity index (χ0v) is 23.5. The molecule has 0 bridgehead atoms. The average molecular weight is 565 g/mol. The summed E-state index contributed by atoms with van der Waals surface area (Å²) in [5.41, 5.74) is 2.61. The molecule has 220 valence electrons. The van der Waals surface area contributed by atoms with E-state index in [1.54, 1.807) is 6.08 Å². The maximum absolute atomic E-state index is 13.7. The maximum atomic E-state index is 13.7. The van der Waals surface area contributed by atoms with E-state index in [4.69, 9.17) is 14.6 Å². The SMILES string of the molecule is Cc1ccc(O[C@H](C(=O)O[C@H]2C[C@H](O)C=C3C=C[C@@H](C)[C@H](CC[C@@H](O)C[C@@H](O)CC(=O)O)[C@H]32)c2ccccc2)cc1. The predicted octanol–water partition coefficient (Wildman–Crippen LogP) is 4.52. The number of hydrogen-bond donors (Lipinski definition) is 4. The van der Waals surface area contributed by atoms with Crippen molar-refractivity contribution >= 4 is 11.9 Å². The molecule has 8 heteroatoms. The van der Waals surface area contributed by atoms with Gasteiger partial charge in [-0.3, -0.25) is 4.79 Å². The standard InChI is InChI=1S/C33H40O8/c1-20-8-13-27(14-9-20)40-32(22-6-4-3-5-7-22)33(39)41-29-18-25(35)16-23-11-10-21(2)28(31(23)29)15-12-24(34)17-26(36)19-30(37)38/h3-11,13-14,16,21,24-26,28-29,31-32,34-36H,12,15,17-19H2,1-2H3,(H,37,38)/t21-,24-,25-,26-,28+,29+,31+,32+/m1/s1. The summed E-state index contributed by atoms with van der Waals surface area (Å²) in [6, 6.07) is 16.6. The van der Waals surface area contributed by atoms with Crippen LogP contribution in [-0.4, -0.2) is 56.8 Å². The van der Waals surface area contributed by atoms with Gasteiger partial charge in [-0.05, 0) is 55.7 Å². The highest BCUT2D eigenvalue weighted by Crippen LogP contribution is 2.44. The summed E-state index contributed by atoms with van der Waals surface area (Å²) >= 11 is 0. The van der Waals surface area contributed by atoms with Gasteiger partial charge in [0.25, 0.3) is 0 Å². The Labute approximate surface area is 240 Å². The van der Waals surface area contributed by atoms with Gasteiger partial charge in [-0.1, -0.05) is 73.2 Å². The molecule has 2 aliphatic rings. The molecule has 2 aliphatic carbocycles. The molecule has 0 amide bonds. The highest BCUT2D eigenvalue weighted by molar-refractivity contribution is 5.77. The number of esters is 1. The number of fused-ring (bicyclic) bond motifs is 1. The Hall–Kier alpha value is -3.46. The van der Waals surface area contributed by atoms with E-state index in [1.165, 1.54) is 0 Å². The van der Waals surface area contributed by atoms with Crippen molar-refractivity contribution in [1.82, 2.24) is 0 Å². The summed E-state index contributed by atoms with van der Waals surface area (Å²) in [5.74, 6) is -1.22. The number of carbonyl (C=O) groups excluding carboxylic acids is 1. The average Bonchev–Trinajstić information content (AvgIpc) is 2.92. The number of benzene rings is 2. The second-order valence-electron chi connectivity index (χ2n) is 11.3. The minimum absolute atomic E-state index is 0.00370. The molecule has 0 saturated carbocycles. The van der Waals surface area contributed by atoms with Gasteiger partial charge in [-0.25, -0.2) is 4.79 Å². The van der Waals surface area contributed by atoms with Gasteiger partial charge in [0, 0.05) is 17.9 Å². The summed E-state index contributed by atoms with van der Waals surface area (Å²) in [7, 11) is 0. The van der Waals surface area contributed by atoms with Crippen LogP contribution in [0.2, 0.25) is 0 Å². The molecule has 2 aromatic rings. The van der Waals surface area contributed by atoms with E-state index in [9.17, 15) is 24.9 Å². The quantitative estimate of drug-likeness (QED) is 0.277. The van der Waals surface area contributed by atoms with Gasteiger partial charge in [0.2, 0.25) is 6.10 Å². The van der Waals surface area contributed by atoms with Crippen LogP contribution in [0, 0.1) is 24.7 Å². The van der Waals surface area contributed by atoms with Crippen molar-refractivity contribution in [3.63, 3.8) is 0 Å². The number of aliphatic hydroxyl groups excluding tert-OH is 3. The first-order valence-corrected chi connectivity index (χ1v) is 14.3. The lowest BCUT2D eigenvalue weighted by atomic mass is 9.66. The molecule has 4 N–H and O–H groups in total. The van der Waals surface area contributed by atoms with E-state index in [0.717, 1.165) is 11.1 Å². The van der Waals surface area contributed by atoms with Crippen LogP contribution in [0.15, 0.2) is 78.4 Å². The van der Waals surface area contributed by atoms with Gasteiger partial charge in [-0.15, -0.1) is 0 Å². The van der Waals surface area contributed by atoms with Crippen molar-refractivity contribution < 1.29 is 39.5 Å². The van der Waals surface area contributed by atoms with Crippen LogP contribution in [0.25, 0.3) is 0 Å². The second kappa shape index (κ2) is 13.9. The Morgan fingerprint density at radius 3 is 2.41 bits per heavy atom. The van der Waals surface area contributed by atoms with Gasteiger partial charge in [0.05, 0.1) is 24.7 Å². The number of carbonyl (C=O) groups is 2. The summed E-state index contributed by atoms with van der Waals surface area (Å²) in [6.45, 7) is 4.04. The first kappa shape index (κ1) is 30.5. The molecule has 0 unspecified atom stereocenters. The van der Waals surface area contributed by atoms with Crippen LogP contribution in [-0.2, 0) is 14.3 Å². The Morgan fingerprint density at radius 2 is 1.73 bits per heavy atom. The fourth-order valence-electron chi connectivity index (χ4n) is 5.93. The number of allylic oxidation sites excluding steroid dienone is 2. The van der Waals surface area contributed by atoms with Crippen LogP contribution < -0.4 is 4.74 Å². The number of aliphatic hydroxyl groups is 3. The number of rotatable bonds is 12. The van der Waals surface area contributed by atoms with Crippen LogP contribution in [0.4, 0.5) is 0 Å². The zero-order chi connectivity index (χ0) is 29.5. The number of carboxylic acid groups (broad SMARTS) is 1. The highest BCUT2D eigenvalue weighted by atomic mass is 16.6. The Bertz CT molecular complexity index is 1220. The fraction of sp³-hybridized carbons (Fsp3) is 0.455. The Kier molecular flexibility index (Phi) is 10.4. The topological polar surface area (TPSA) is 134 Å². The van der Waals surface area contributed by atoms with Crippen molar-refractivity contribution in [3.8, 4) is 5.75 Å². The summed E-state index contributed by atoms with van der Waals surface area (Å²) in [4.78, 5) is 24.6. The number of hydrogen-bond acceptors (Lipinski definition) is 7. The van der Waals surface area contributed by atoms with E-state index in [1.807, 2.05) is 67.6 Å². The van der Waals surface area contributed by atoms with Gasteiger partial charge in [-0.2, -0.15) is 0 Å². The normalized spacial score (nSPS) is 25.8. The van der Waals surface area contributed by atoms with E-state index in [2.05, 4.69) is 13.0 Å². The summed E-state index contributed by atoms with van der Waals surface area (Å²) in [6.07, 6.45) is 2.18. The molecule has 0 heterocycles. The molecular formula is C33H40O8. The largest absolute Gasteiger partial charge is 0.481 e. The fourth-order valence-corrected chi connectivity index (χ4v) is 5.93. The smallest absolute Gasteiger partial charge is 0.352 e. The molecule has 0 fully saturated rings. The number of ether oxygens (including phenoxy) is 2. The Balaban J connectivity index is 1.52. The first-order valence-electron chi connectivity index (χ1n) is 14.3. The van der Waals surface area contributed by atoms with Crippen molar-refractivity contribution in [1.29, 1.82) is 0 Å². The summed E-state index contributed by atoms with van der Waals surface area (Å²) in [5, 5.41) is 40.0. The van der Waals surface area contributed by atoms with Crippen molar-refractivity contribution in [3.05, 3.63) is 89.5 Å². The Morgan fingerprint density at radius 1 is 1.02 bits per heavy atom. The minimum Gasteiger partial charge on any atom is -0.481 e. The molecule has 4 rings (SSSR count). The van der Waals surface area contributed by atoms with Gasteiger partial charge in [0.1, 0.15) is 11.9 Å². The molecule has 0 spiro atoms. The van der Waals surface area contributed by atoms with E-state index in [-0.39, 0.29) is 30.6 Å². The third-order valence-corrected chi connectivity index (χ3v) is 8.02. The first-order chi connectivity index (χ1) is 19.6. The van der Waals surface area contributed by atoms with E-state index in [0.29, 0.717) is 24.2 Å². The van der Waals surface area contributed by atoms with Gasteiger partial charge in [0.15, 0.2) is 0 Å². The lowest BCUT2D eigenvalue weighted by Crippen LogP contribution is -2.43. The molecule has 8 nitrogen and oxygen atoms in total. The van der Waals surface area contributed by atoms with Gasteiger partial charge >= 0.3 is 11.9 Å². The lowest BCUT2D eigenvalue weighted by molar-refractivity contribution is -0.163. The molecular weight excluding hydrogens is 524 g/mol. The van der Waals surface area contributed by atoms with Gasteiger partial charge < -0.3 is 29.9 Å². The van der Waals surface area contributed by atoms with Crippen LogP contribution >= 0.6 is 0 Å². The van der Waals surface area contributed by atoms with Crippen molar-refractivity contribution in [2.45, 2.75) is 76.5 Å². The van der Waals surface area contributed by atoms with Crippen LogP contribution in [0.1, 0.15) is 56.3 Å². The summed E-state index contributed by atoms with van der Waals surface area (Å²) < 4.78 is 12.3. The predicted molar refractivity (Wildman–Crippen MR) is 153 cm³/mol. The number of aliphatic carboxylic acids is 1. The van der Waals surface area contributed by atoms with Crippen molar-refractivity contribution in [2.75, 3.05) is 0 Å². The monoisotopic (exact) mass is 564 g/mol. The molecule has 0 aromatic heterocycles. The third-order valence-electron chi connectivity index (χ3n) is 8.02. The molecule has 41 heavy (non-hydrogen) atoms. The highest BCUT2D eigenvalue weighted by Gasteiger charge is 2.43. The lowest BCUT2D eigenvalue weighted by Gasteiger charge is -2.43. The number of aryl methyl sites for hydroxylation is 1. The molecule has 0 radical (unpaired) electrons. The minimum atomic E-state index is -1.12. The molecule has 2 aromatic carbocycles. The number of carboxylic acids is 1. The van der Waals surface area contributed by atoms with Crippen LogP contribution in [0.5, 0.6) is 5.75 Å². The molecule has 0 aliphatic heterocycles. The van der Waals surface area contributed by atoms with Crippen LogP contribution in [0.3, 0.4) is 0 Å². The zero-order valence-electron chi connectivity index (χ0n) is 23.5. The van der Waals surface area contributed by atoms with E-state index < -0.39 is 48.9 Å².